The van der Waals surface area contributed by atoms with Crippen LogP contribution in [0.15, 0.2) is 47.8 Å². The van der Waals surface area contributed by atoms with Crippen molar-refractivity contribution in [1.29, 1.82) is 0 Å². The van der Waals surface area contributed by atoms with E-state index in [1.54, 1.807) is 29.1 Å². The number of aromatic amines is 1. The van der Waals surface area contributed by atoms with Crippen LogP contribution in [0.1, 0.15) is 10.4 Å². The lowest BCUT2D eigenvalue weighted by atomic mass is 10.1. The number of hydrogen-bond acceptors (Lipinski definition) is 3. The molecular formula is C12H11N2OS2+. The Hall–Kier alpha value is -1.46. The fourth-order valence-corrected chi connectivity index (χ4v) is 2.10. The zero-order valence-corrected chi connectivity index (χ0v) is 10.7. The second-order valence-corrected chi connectivity index (χ2v) is 4.52. The van der Waals surface area contributed by atoms with Crippen molar-refractivity contribution in [2.75, 3.05) is 0 Å². The highest BCUT2D eigenvalue weighted by Crippen LogP contribution is 2.01. The van der Waals surface area contributed by atoms with Crippen molar-refractivity contribution < 1.29 is 9.36 Å². The van der Waals surface area contributed by atoms with Gasteiger partial charge in [-0.05, 0) is 0 Å². The summed E-state index contributed by atoms with van der Waals surface area (Å²) < 4.78 is 2.29. The Balaban J connectivity index is 2.22. The van der Waals surface area contributed by atoms with Crippen LogP contribution >= 0.6 is 24.8 Å². The quantitative estimate of drug-likeness (QED) is 0.385. The molecule has 1 heterocycles. The first-order valence-corrected chi connectivity index (χ1v) is 5.91. The van der Waals surface area contributed by atoms with E-state index in [1.807, 2.05) is 18.2 Å². The highest BCUT2D eigenvalue weighted by Gasteiger charge is 2.12. The SMILES string of the molecule is O=C(C[n+]1cc(S)[nH]c(=S)c1)c1ccccc1. The maximum Gasteiger partial charge on any atom is 0.227 e. The largest absolute Gasteiger partial charge is 0.332 e. The number of nitrogens with zero attached hydrogens (tertiary/aromatic N) is 1. The van der Waals surface area contributed by atoms with Gasteiger partial charge in [-0.1, -0.05) is 42.5 Å². The number of carbonyl (C=O) groups excluding carboxylic acids is 1. The van der Waals surface area contributed by atoms with Crippen molar-refractivity contribution in [2.24, 2.45) is 0 Å². The van der Waals surface area contributed by atoms with E-state index in [1.165, 1.54) is 0 Å². The van der Waals surface area contributed by atoms with Crippen LogP contribution in [0, 0.1) is 4.64 Å². The van der Waals surface area contributed by atoms with Gasteiger partial charge in [0.15, 0.2) is 10.8 Å². The summed E-state index contributed by atoms with van der Waals surface area (Å²) in [6, 6.07) is 9.18. The normalized spacial score (nSPS) is 10.2. The van der Waals surface area contributed by atoms with Gasteiger partial charge in [0.2, 0.25) is 18.5 Å². The minimum absolute atomic E-state index is 0.0453. The zero-order valence-electron chi connectivity index (χ0n) is 8.96. The van der Waals surface area contributed by atoms with Crippen molar-refractivity contribution >= 4 is 30.6 Å². The minimum Gasteiger partial charge on any atom is -0.332 e. The minimum atomic E-state index is 0.0453. The standard InChI is InChI=1S/C12H10N2OS2/c15-10(9-4-2-1-3-5-9)6-14-7-11(16)13-12(17)8-14/h1-5,7-8H,6H2,(H-,13,16,17)/p+1. The van der Waals surface area contributed by atoms with Gasteiger partial charge in [-0.2, -0.15) is 4.57 Å². The van der Waals surface area contributed by atoms with Crippen molar-refractivity contribution in [1.82, 2.24) is 4.98 Å². The first kappa shape index (κ1) is 12.0. The molecule has 2 rings (SSSR count). The van der Waals surface area contributed by atoms with Crippen LogP contribution < -0.4 is 4.57 Å². The molecule has 0 spiro atoms. The predicted molar refractivity (Wildman–Crippen MR) is 69.8 cm³/mol. The van der Waals surface area contributed by atoms with E-state index in [2.05, 4.69) is 17.6 Å². The van der Waals surface area contributed by atoms with E-state index >= 15 is 0 Å². The molecule has 17 heavy (non-hydrogen) atoms. The average Bonchev–Trinajstić information content (AvgIpc) is 2.28. The fraction of sp³-hybridized carbons (Fsp3) is 0.0833. The lowest BCUT2D eigenvalue weighted by Crippen LogP contribution is -2.37. The molecule has 1 aromatic heterocycles. The van der Waals surface area contributed by atoms with Gasteiger partial charge in [0, 0.05) is 5.56 Å². The smallest absolute Gasteiger partial charge is 0.227 e. The van der Waals surface area contributed by atoms with E-state index in [-0.39, 0.29) is 12.3 Å². The van der Waals surface area contributed by atoms with E-state index in [0.29, 0.717) is 15.2 Å². The molecule has 2 aromatic rings. The second kappa shape index (κ2) is 5.25. The highest BCUT2D eigenvalue weighted by molar-refractivity contribution is 7.80. The number of H-pyrrole nitrogens is 1. The highest BCUT2D eigenvalue weighted by atomic mass is 32.1. The van der Waals surface area contributed by atoms with Crippen LogP contribution in [0.2, 0.25) is 0 Å². The molecule has 1 N–H and O–H groups in total. The molecular weight excluding hydrogens is 252 g/mol. The molecule has 0 saturated heterocycles. The maximum atomic E-state index is 11.9. The first-order chi connectivity index (χ1) is 8.15. The Bertz CT molecular complexity index is 593. The molecule has 0 atom stereocenters. The summed E-state index contributed by atoms with van der Waals surface area (Å²) in [6.45, 7) is 0.260. The number of carbonyl (C=O) groups is 1. The van der Waals surface area contributed by atoms with Crippen LogP contribution in [-0.2, 0) is 6.54 Å². The van der Waals surface area contributed by atoms with E-state index < -0.39 is 0 Å². The lowest BCUT2D eigenvalue weighted by Gasteiger charge is -1.98. The van der Waals surface area contributed by atoms with Crippen LogP contribution in [0.3, 0.4) is 0 Å². The Kier molecular flexibility index (Phi) is 3.71. The molecule has 0 bridgehead atoms. The molecule has 0 amide bonds. The molecule has 0 unspecified atom stereocenters. The number of nitrogens with one attached hydrogen (secondary N) is 1. The maximum absolute atomic E-state index is 11.9. The van der Waals surface area contributed by atoms with E-state index in [0.717, 1.165) is 0 Å². The molecule has 5 heteroatoms. The first-order valence-electron chi connectivity index (χ1n) is 5.06. The molecule has 0 aliphatic heterocycles. The summed E-state index contributed by atoms with van der Waals surface area (Å²) in [6.07, 6.45) is 3.44. The van der Waals surface area contributed by atoms with Gasteiger partial charge >= 0.3 is 0 Å². The van der Waals surface area contributed by atoms with Gasteiger partial charge in [-0.25, -0.2) is 0 Å². The summed E-state index contributed by atoms with van der Waals surface area (Å²) in [5, 5.41) is 0.637. The van der Waals surface area contributed by atoms with Gasteiger partial charge in [-0.15, -0.1) is 12.6 Å². The van der Waals surface area contributed by atoms with E-state index in [9.17, 15) is 4.79 Å². The summed E-state index contributed by atoms with van der Waals surface area (Å²) in [5.74, 6) is 0.0453. The predicted octanol–water partition coefficient (Wildman–Crippen LogP) is 2.20. The average molecular weight is 263 g/mol. The van der Waals surface area contributed by atoms with Crippen LogP contribution in [0.5, 0.6) is 0 Å². The fourth-order valence-electron chi connectivity index (χ4n) is 1.51. The number of aromatic nitrogens is 2. The monoisotopic (exact) mass is 263 g/mol. The Morgan fingerprint density at radius 1 is 1.29 bits per heavy atom. The topological polar surface area (TPSA) is 36.7 Å². The van der Waals surface area contributed by atoms with Crippen molar-refractivity contribution in [3.63, 3.8) is 0 Å². The van der Waals surface area contributed by atoms with Gasteiger partial charge in [0.1, 0.15) is 5.03 Å². The van der Waals surface area contributed by atoms with Crippen LogP contribution in [0.4, 0.5) is 0 Å². The third kappa shape index (κ3) is 3.25. The summed E-state index contributed by atoms with van der Waals surface area (Å²) in [4.78, 5) is 14.8. The summed E-state index contributed by atoms with van der Waals surface area (Å²) >= 11 is 9.20. The van der Waals surface area contributed by atoms with Gasteiger partial charge in [0.05, 0.1) is 0 Å². The van der Waals surface area contributed by atoms with Crippen molar-refractivity contribution in [2.45, 2.75) is 11.6 Å². The van der Waals surface area contributed by atoms with Gasteiger partial charge < -0.3 is 4.98 Å². The number of benzene rings is 1. The number of ketones is 1. The molecule has 1 aromatic carbocycles. The number of hydrogen-bond donors (Lipinski definition) is 2. The van der Waals surface area contributed by atoms with Crippen molar-refractivity contribution in [3.8, 4) is 0 Å². The third-order valence-corrected chi connectivity index (χ3v) is 2.68. The Labute approximate surface area is 110 Å². The van der Waals surface area contributed by atoms with Gasteiger partial charge in [0.25, 0.3) is 0 Å². The lowest BCUT2D eigenvalue weighted by molar-refractivity contribution is -0.686. The molecule has 0 aliphatic carbocycles. The second-order valence-electron chi connectivity index (χ2n) is 3.59. The number of Topliss-reactive ketones (excluding diaryl/α,β-unsaturated/α-hetero) is 1. The summed E-state index contributed by atoms with van der Waals surface area (Å²) in [5.41, 5.74) is 0.694. The van der Waals surface area contributed by atoms with Crippen molar-refractivity contribution in [3.05, 3.63) is 52.9 Å². The van der Waals surface area contributed by atoms with E-state index in [4.69, 9.17) is 12.2 Å². The Morgan fingerprint density at radius 3 is 2.65 bits per heavy atom. The molecule has 3 nitrogen and oxygen atoms in total. The van der Waals surface area contributed by atoms with Crippen LogP contribution in [0.25, 0.3) is 0 Å². The number of thiol groups is 1. The third-order valence-electron chi connectivity index (χ3n) is 2.24. The molecule has 0 radical (unpaired) electrons. The van der Waals surface area contributed by atoms with Gasteiger partial charge in [-0.3, -0.25) is 4.79 Å². The molecule has 86 valence electrons. The zero-order chi connectivity index (χ0) is 12.3. The summed E-state index contributed by atoms with van der Waals surface area (Å²) in [7, 11) is 0. The number of rotatable bonds is 3. The molecule has 0 saturated carbocycles. The Morgan fingerprint density at radius 2 is 2.00 bits per heavy atom. The molecule has 0 aliphatic rings. The molecule has 0 fully saturated rings. The van der Waals surface area contributed by atoms with Crippen LogP contribution in [-0.4, -0.2) is 10.8 Å².